The van der Waals surface area contributed by atoms with Crippen molar-refractivity contribution in [3.63, 3.8) is 0 Å². The molecule has 1 saturated heterocycles. The van der Waals surface area contributed by atoms with Crippen molar-refractivity contribution in [2.75, 3.05) is 52.7 Å². The predicted octanol–water partition coefficient (Wildman–Crippen LogP) is 2.14. The number of ether oxygens (including phenoxy) is 4. The molecule has 4 rings (SSSR count). The van der Waals surface area contributed by atoms with Crippen LogP contribution >= 0.6 is 0 Å². The molecule has 1 aromatic carbocycles. The Morgan fingerprint density at radius 2 is 1.77 bits per heavy atom. The van der Waals surface area contributed by atoms with Gasteiger partial charge in [-0.2, -0.15) is 0 Å². The van der Waals surface area contributed by atoms with Crippen LogP contribution < -0.4 is 9.47 Å². The first-order valence-electron chi connectivity index (χ1n) is 9.65. The summed E-state index contributed by atoms with van der Waals surface area (Å²) in [5.74, 6) is 1.40. The molecule has 1 aromatic rings. The van der Waals surface area contributed by atoms with E-state index < -0.39 is 5.41 Å². The van der Waals surface area contributed by atoms with E-state index in [1.54, 1.807) is 0 Å². The van der Waals surface area contributed by atoms with Gasteiger partial charge in [-0.1, -0.05) is 18.9 Å². The van der Waals surface area contributed by atoms with E-state index in [9.17, 15) is 4.79 Å². The van der Waals surface area contributed by atoms with Gasteiger partial charge in [0.1, 0.15) is 19.8 Å². The number of fused-ring (bicyclic) bond motifs is 1. The molecule has 0 radical (unpaired) electrons. The number of nitrogens with zero attached hydrogens (tertiary/aromatic N) is 1. The summed E-state index contributed by atoms with van der Waals surface area (Å²) in [7, 11) is 0. The smallest absolute Gasteiger partial charge is 0.316 e. The Bertz CT molecular complexity index is 635. The molecule has 0 amide bonds. The lowest BCUT2D eigenvalue weighted by Crippen LogP contribution is -2.40. The molecular formula is C20H27NO5. The Hall–Kier alpha value is -1.79. The van der Waals surface area contributed by atoms with E-state index in [1.807, 2.05) is 18.2 Å². The van der Waals surface area contributed by atoms with Crippen LogP contribution in [0.3, 0.4) is 0 Å². The zero-order chi connectivity index (χ0) is 17.8. The molecule has 1 aliphatic carbocycles. The van der Waals surface area contributed by atoms with E-state index >= 15 is 0 Å². The Morgan fingerprint density at radius 1 is 1.04 bits per heavy atom. The predicted molar refractivity (Wildman–Crippen MR) is 95.8 cm³/mol. The minimum absolute atomic E-state index is 0.0973. The normalized spacial score (nSPS) is 22.2. The van der Waals surface area contributed by atoms with Gasteiger partial charge in [0.25, 0.3) is 0 Å². The molecule has 0 bridgehead atoms. The van der Waals surface area contributed by atoms with Crippen LogP contribution in [0, 0.1) is 0 Å². The number of benzene rings is 1. The molecule has 2 aliphatic heterocycles. The van der Waals surface area contributed by atoms with Gasteiger partial charge < -0.3 is 18.9 Å². The number of esters is 1. The van der Waals surface area contributed by atoms with Crippen LogP contribution in [-0.4, -0.2) is 63.5 Å². The van der Waals surface area contributed by atoms with Crippen LogP contribution in [0.5, 0.6) is 11.5 Å². The van der Waals surface area contributed by atoms with Gasteiger partial charge in [-0.05, 0) is 30.5 Å². The van der Waals surface area contributed by atoms with Crippen LogP contribution in [-0.2, 0) is 19.7 Å². The van der Waals surface area contributed by atoms with Gasteiger partial charge in [0.05, 0.1) is 18.6 Å². The highest BCUT2D eigenvalue weighted by Crippen LogP contribution is 2.45. The summed E-state index contributed by atoms with van der Waals surface area (Å²) >= 11 is 0. The molecule has 1 saturated carbocycles. The average Bonchev–Trinajstić information content (AvgIpc) is 3.19. The van der Waals surface area contributed by atoms with Gasteiger partial charge in [-0.15, -0.1) is 0 Å². The summed E-state index contributed by atoms with van der Waals surface area (Å²) in [4.78, 5) is 15.3. The Kier molecular flexibility index (Phi) is 5.31. The summed E-state index contributed by atoms with van der Waals surface area (Å²) in [5, 5.41) is 0. The topological polar surface area (TPSA) is 57.2 Å². The van der Waals surface area contributed by atoms with Gasteiger partial charge >= 0.3 is 5.97 Å². The zero-order valence-corrected chi connectivity index (χ0v) is 15.2. The minimum atomic E-state index is -0.541. The molecule has 0 unspecified atom stereocenters. The van der Waals surface area contributed by atoms with Crippen molar-refractivity contribution in [3.05, 3.63) is 23.8 Å². The number of morpholine rings is 1. The van der Waals surface area contributed by atoms with Gasteiger partial charge in [0.15, 0.2) is 11.5 Å². The zero-order valence-electron chi connectivity index (χ0n) is 15.2. The van der Waals surface area contributed by atoms with Crippen molar-refractivity contribution in [3.8, 4) is 11.5 Å². The first-order valence-corrected chi connectivity index (χ1v) is 9.65. The van der Waals surface area contributed by atoms with E-state index in [0.717, 1.165) is 75.6 Å². The summed E-state index contributed by atoms with van der Waals surface area (Å²) < 4.78 is 22.4. The third-order valence-electron chi connectivity index (χ3n) is 5.69. The summed E-state index contributed by atoms with van der Waals surface area (Å²) in [6, 6.07) is 5.90. The molecule has 3 aliphatic rings. The third kappa shape index (κ3) is 3.53. The SMILES string of the molecule is O=C(OCCN1CCOCC1)C1(c2ccc3c(c2)OCCO3)CCCC1. The number of rotatable bonds is 5. The summed E-state index contributed by atoms with van der Waals surface area (Å²) in [6.45, 7) is 5.66. The number of carbonyl (C=O) groups is 1. The lowest BCUT2D eigenvalue weighted by atomic mass is 9.78. The second-order valence-electron chi connectivity index (χ2n) is 7.24. The Balaban J connectivity index is 1.44. The van der Waals surface area contributed by atoms with E-state index in [4.69, 9.17) is 18.9 Å². The number of hydrogen-bond acceptors (Lipinski definition) is 6. The molecule has 142 valence electrons. The van der Waals surface area contributed by atoms with Crippen molar-refractivity contribution in [1.82, 2.24) is 4.90 Å². The number of hydrogen-bond donors (Lipinski definition) is 0. The highest BCUT2D eigenvalue weighted by atomic mass is 16.6. The number of carbonyl (C=O) groups excluding carboxylic acids is 1. The fourth-order valence-corrected chi connectivity index (χ4v) is 4.16. The van der Waals surface area contributed by atoms with Crippen molar-refractivity contribution in [2.45, 2.75) is 31.1 Å². The van der Waals surface area contributed by atoms with Crippen LogP contribution in [0.4, 0.5) is 0 Å². The molecule has 0 atom stereocenters. The van der Waals surface area contributed by atoms with Gasteiger partial charge in [-0.3, -0.25) is 9.69 Å². The molecule has 2 heterocycles. The summed E-state index contributed by atoms with van der Waals surface area (Å²) in [6.07, 6.45) is 3.77. The average molecular weight is 361 g/mol. The van der Waals surface area contributed by atoms with Crippen LogP contribution in [0.15, 0.2) is 18.2 Å². The van der Waals surface area contributed by atoms with Gasteiger partial charge in [-0.25, -0.2) is 0 Å². The van der Waals surface area contributed by atoms with Gasteiger partial charge in [0.2, 0.25) is 0 Å². The lowest BCUT2D eigenvalue weighted by Gasteiger charge is -2.30. The maximum absolute atomic E-state index is 13.0. The standard InChI is InChI=1S/C20H27NO5/c22-19(26-12-9-21-7-10-23-11-8-21)20(5-1-2-6-20)16-3-4-17-18(15-16)25-14-13-24-17/h3-4,15H,1-2,5-14H2. The molecule has 0 aromatic heterocycles. The lowest BCUT2D eigenvalue weighted by molar-refractivity contribution is -0.151. The Labute approximate surface area is 154 Å². The molecule has 6 nitrogen and oxygen atoms in total. The molecule has 26 heavy (non-hydrogen) atoms. The van der Waals surface area contributed by atoms with Crippen LogP contribution in [0.1, 0.15) is 31.2 Å². The first kappa shape index (κ1) is 17.6. The third-order valence-corrected chi connectivity index (χ3v) is 5.69. The highest BCUT2D eigenvalue weighted by Gasteiger charge is 2.44. The Morgan fingerprint density at radius 3 is 2.54 bits per heavy atom. The summed E-state index contributed by atoms with van der Waals surface area (Å²) in [5.41, 5.74) is 0.455. The van der Waals surface area contributed by atoms with E-state index in [-0.39, 0.29) is 5.97 Å². The molecule has 0 spiro atoms. The monoisotopic (exact) mass is 361 g/mol. The maximum Gasteiger partial charge on any atom is 0.316 e. The van der Waals surface area contributed by atoms with E-state index in [2.05, 4.69) is 4.90 Å². The molecule has 2 fully saturated rings. The molecular weight excluding hydrogens is 334 g/mol. The fraction of sp³-hybridized carbons (Fsp3) is 0.650. The largest absolute Gasteiger partial charge is 0.486 e. The van der Waals surface area contributed by atoms with Crippen molar-refractivity contribution >= 4 is 5.97 Å². The maximum atomic E-state index is 13.0. The fourth-order valence-electron chi connectivity index (χ4n) is 4.16. The second kappa shape index (κ2) is 7.84. The highest BCUT2D eigenvalue weighted by molar-refractivity contribution is 5.84. The molecule has 0 N–H and O–H groups in total. The van der Waals surface area contributed by atoms with Crippen molar-refractivity contribution in [2.24, 2.45) is 0 Å². The second-order valence-corrected chi connectivity index (χ2v) is 7.24. The van der Waals surface area contributed by atoms with E-state index in [1.165, 1.54) is 0 Å². The molecule has 6 heteroatoms. The quantitative estimate of drug-likeness (QED) is 0.749. The van der Waals surface area contributed by atoms with Crippen LogP contribution in [0.25, 0.3) is 0 Å². The van der Waals surface area contributed by atoms with Crippen LogP contribution in [0.2, 0.25) is 0 Å². The minimum Gasteiger partial charge on any atom is -0.486 e. The van der Waals surface area contributed by atoms with Gasteiger partial charge in [0, 0.05) is 19.6 Å². The first-order chi connectivity index (χ1) is 12.8. The van der Waals surface area contributed by atoms with Crippen molar-refractivity contribution < 1.29 is 23.7 Å². The van der Waals surface area contributed by atoms with Crippen molar-refractivity contribution in [1.29, 1.82) is 0 Å². The van der Waals surface area contributed by atoms with E-state index in [0.29, 0.717) is 19.8 Å².